The second-order valence-corrected chi connectivity index (χ2v) is 6.36. The first-order valence-electron chi connectivity index (χ1n) is 6.98. The third-order valence-electron chi connectivity index (χ3n) is 3.36. The van der Waals surface area contributed by atoms with Crippen LogP contribution in [0.2, 0.25) is 5.02 Å². The van der Waals surface area contributed by atoms with Crippen LogP contribution < -0.4 is 5.32 Å². The van der Waals surface area contributed by atoms with Crippen molar-refractivity contribution in [2.24, 2.45) is 5.92 Å². The van der Waals surface area contributed by atoms with Crippen LogP contribution in [0.1, 0.15) is 15.9 Å². The summed E-state index contributed by atoms with van der Waals surface area (Å²) in [7, 11) is 0. The third kappa shape index (κ3) is 4.83. The molecular weight excluding hydrogens is 366 g/mol. The molecule has 1 atom stereocenters. The van der Waals surface area contributed by atoms with Gasteiger partial charge in [0.25, 0.3) is 5.91 Å². The van der Waals surface area contributed by atoms with E-state index in [1.807, 2.05) is 24.3 Å². The highest BCUT2D eigenvalue weighted by Crippen LogP contribution is 2.19. The maximum absolute atomic E-state index is 12.1. The van der Waals surface area contributed by atoms with Crippen LogP contribution in [0.3, 0.4) is 0 Å². The molecule has 2 aromatic rings. The zero-order valence-electron chi connectivity index (χ0n) is 11.9. The van der Waals surface area contributed by atoms with Gasteiger partial charge in [0.2, 0.25) is 0 Å². The number of carbonyl (C=O) groups is 1. The quantitative estimate of drug-likeness (QED) is 0.800. The van der Waals surface area contributed by atoms with Crippen molar-refractivity contribution in [2.45, 2.75) is 6.42 Å². The first-order valence-corrected chi connectivity index (χ1v) is 8.15. The summed E-state index contributed by atoms with van der Waals surface area (Å²) in [6.07, 6.45) is 0.688. The van der Waals surface area contributed by atoms with Gasteiger partial charge in [-0.15, -0.1) is 0 Å². The number of halogens is 2. The third-order valence-corrected chi connectivity index (χ3v) is 4.37. The monoisotopic (exact) mass is 381 g/mol. The standard InChI is InChI=1S/C17H17BrClNO2/c18-16-7-2-1-4-13(16)8-12(11-21)10-20-17(22)14-5-3-6-15(19)9-14/h1-7,9,12,21H,8,10-11H2,(H,20,22)/t12-/m1/s1. The number of hydrogen-bond donors (Lipinski definition) is 2. The number of hydrogen-bond acceptors (Lipinski definition) is 2. The van der Waals surface area contributed by atoms with Crippen molar-refractivity contribution in [1.82, 2.24) is 5.32 Å². The van der Waals surface area contributed by atoms with Gasteiger partial charge in [0.1, 0.15) is 0 Å². The van der Waals surface area contributed by atoms with Gasteiger partial charge in [-0.05, 0) is 36.2 Å². The Labute approximate surface area is 143 Å². The Balaban J connectivity index is 1.94. The number of aliphatic hydroxyl groups excluding tert-OH is 1. The van der Waals surface area contributed by atoms with Gasteiger partial charge >= 0.3 is 0 Å². The molecule has 0 unspecified atom stereocenters. The molecule has 3 nitrogen and oxygen atoms in total. The molecule has 2 rings (SSSR count). The summed E-state index contributed by atoms with van der Waals surface area (Å²) in [5.74, 6) is -0.227. The fourth-order valence-electron chi connectivity index (χ4n) is 2.15. The Morgan fingerprint density at radius 1 is 1.23 bits per heavy atom. The highest BCUT2D eigenvalue weighted by atomic mass is 79.9. The van der Waals surface area contributed by atoms with Gasteiger partial charge in [-0.3, -0.25) is 4.79 Å². The number of rotatable bonds is 6. The van der Waals surface area contributed by atoms with E-state index in [1.54, 1.807) is 24.3 Å². The summed E-state index contributed by atoms with van der Waals surface area (Å²) >= 11 is 9.37. The van der Waals surface area contributed by atoms with Crippen LogP contribution in [-0.2, 0) is 6.42 Å². The molecule has 1 amide bonds. The molecule has 2 aromatic carbocycles. The molecule has 0 fully saturated rings. The average Bonchev–Trinajstić information content (AvgIpc) is 2.52. The summed E-state index contributed by atoms with van der Waals surface area (Å²) in [6, 6.07) is 14.7. The van der Waals surface area contributed by atoms with Crippen molar-refractivity contribution in [3.05, 3.63) is 69.2 Å². The molecule has 0 saturated heterocycles. The van der Waals surface area contributed by atoms with E-state index in [-0.39, 0.29) is 18.4 Å². The topological polar surface area (TPSA) is 49.3 Å². The summed E-state index contributed by atoms with van der Waals surface area (Å²) in [4.78, 5) is 12.1. The van der Waals surface area contributed by atoms with Crippen LogP contribution >= 0.6 is 27.5 Å². The van der Waals surface area contributed by atoms with E-state index < -0.39 is 0 Å². The van der Waals surface area contributed by atoms with Crippen LogP contribution in [0.25, 0.3) is 0 Å². The summed E-state index contributed by atoms with van der Waals surface area (Å²) in [5.41, 5.74) is 1.63. The lowest BCUT2D eigenvalue weighted by atomic mass is 10.00. The minimum Gasteiger partial charge on any atom is -0.396 e. The van der Waals surface area contributed by atoms with E-state index in [0.717, 1.165) is 10.0 Å². The molecule has 116 valence electrons. The lowest BCUT2D eigenvalue weighted by Gasteiger charge is -2.16. The van der Waals surface area contributed by atoms with Gasteiger partial charge in [0.05, 0.1) is 0 Å². The Morgan fingerprint density at radius 2 is 2.00 bits per heavy atom. The first-order chi connectivity index (χ1) is 10.6. The van der Waals surface area contributed by atoms with Crippen LogP contribution in [0, 0.1) is 5.92 Å². The Hall–Kier alpha value is -1.36. The number of benzene rings is 2. The minimum atomic E-state index is -0.187. The van der Waals surface area contributed by atoms with Gasteiger partial charge in [-0.2, -0.15) is 0 Å². The molecular formula is C17H17BrClNO2. The van der Waals surface area contributed by atoms with E-state index >= 15 is 0 Å². The van der Waals surface area contributed by atoms with Crippen molar-refractivity contribution >= 4 is 33.4 Å². The number of aliphatic hydroxyl groups is 1. The number of carbonyl (C=O) groups excluding carboxylic acids is 1. The van der Waals surface area contributed by atoms with Crippen LogP contribution in [0.4, 0.5) is 0 Å². The zero-order chi connectivity index (χ0) is 15.9. The van der Waals surface area contributed by atoms with E-state index in [2.05, 4.69) is 21.2 Å². The molecule has 0 heterocycles. The van der Waals surface area contributed by atoms with E-state index in [1.165, 1.54) is 0 Å². The Kier molecular flexibility index (Phi) is 6.43. The highest BCUT2D eigenvalue weighted by molar-refractivity contribution is 9.10. The minimum absolute atomic E-state index is 0.0111. The molecule has 0 radical (unpaired) electrons. The highest BCUT2D eigenvalue weighted by Gasteiger charge is 2.13. The molecule has 0 bridgehead atoms. The summed E-state index contributed by atoms with van der Waals surface area (Å²) in [5, 5.41) is 12.9. The fourth-order valence-corrected chi connectivity index (χ4v) is 2.78. The van der Waals surface area contributed by atoms with E-state index in [9.17, 15) is 9.90 Å². The van der Waals surface area contributed by atoms with Gasteiger partial charge in [0, 0.05) is 34.1 Å². The molecule has 0 aromatic heterocycles. The molecule has 22 heavy (non-hydrogen) atoms. The SMILES string of the molecule is O=C(NC[C@H](CO)Cc1ccccc1Br)c1cccc(Cl)c1. The summed E-state index contributed by atoms with van der Waals surface area (Å²) < 4.78 is 1.01. The number of nitrogens with one attached hydrogen (secondary N) is 1. The van der Waals surface area contributed by atoms with Crippen LogP contribution in [0.15, 0.2) is 53.0 Å². The van der Waals surface area contributed by atoms with Gasteiger partial charge in [-0.25, -0.2) is 0 Å². The van der Waals surface area contributed by atoms with Crippen molar-refractivity contribution in [3.63, 3.8) is 0 Å². The fraction of sp³-hybridized carbons (Fsp3) is 0.235. The van der Waals surface area contributed by atoms with Crippen LogP contribution in [0.5, 0.6) is 0 Å². The first kappa shape index (κ1) is 17.0. The number of amides is 1. The predicted octanol–water partition coefficient (Wildman–Crippen LogP) is 3.68. The van der Waals surface area contributed by atoms with Gasteiger partial charge in [0.15, 0.2) is 0 Å². The Morgan fingerprint density at radius 3 is 2.68 bits per heavy atom. The maximum atomic E-state index is 12.1. The molecule has 0 aliphatic rings. The van der Waals surface area contributed by atoms with Crippen LogP contribution in [-0.4, -0.2) is 24.2 Å². The molecule has 0 aliphatic carbocycles. The Bertz CT molecular complexity index is 648. The lowest BCUT2D eigenvalue weighted by Crippen LogP contribution is -2.31. The summed E-state index contributed by atoms with van der Waals surface area (Å²) in [6.45, 7) is 0.417. The average molecular weight is 383 g/mol. The van der Waals surface area contributed by atoms with Crippen molar-refractivity contribution in [2.75, 3.05) is 13.2 Å². The molecule has 0 aliphatic heterocycles. The molecule has 0 saturated carbocycles. The lowest BCUT2D eigenvalue weighted by molar-refractivity contribution is 0.0940. The van der Waals surface area contributed by atoms with Crippen molar-refractivity contribution in [3.8, 4) is 0 Å². The van der Waals surface area contributed by atoms with Crippen molar-refractivity contribution in [1.29, 1.82) is 0 Å². The molecule has 5 heteroatoms. The second-order valence-electron chi connectivity index (χ2n) is 5.06. The van der Waals surface area contributed by atoms with E-state index in [0.29, 0.717) is 23.6 Å². The van der Waals surface area contributed by atoms with Gasteiger partial charge in [-0.1, -0.05) is 51.8 Å². The second kappa shape index (κ2) is 8.32. The predicted molar refractivity (Wildman–Crippen MR) is 92.2 cm³/mol. The molecule has 2 N–H and O–H groups in total. The smallest absolute Gasteiger partial charge is 0.251 e. The van der Waals surface area contributed by atoms with Gasteiger partial charge < -0.3 is 10.4 Å². The zero-order valence-corrected chi connectivity index (χ0v) is 14.3. The van der Waals surface area contributed by atoms with E-state index in [4.69, 9.17) is 11.6 Å². The van der Waals surface area contributed by atoms with Crippen molar-refractivity contribution < 1.29 is 9.90 Å². The normalized spacial score (nSPS) is 12.0. The largest absolute Gasteiger partial charge is 0.396 e. The molecule has 0 spiro atoms. The maximum Gasteiger partial charge on any atom is 0.251 e.